The van der Waals surface area contributed by atoms with Gasteiger partial charge in [0.15, 0.2) is 0 Å². The molecule has 0 amide bonds. The van der Waals surface area contributed by atoms with Crippen molar-refractivity contribution in [3.05, 3.63) is 130 Å². The molecule has 0 radical (unpaired) electrons. The van der Waals surface area contributed by atoms with Crippen LogP contribution in [-0.4, -0.2) is 30.9 Å². The molecular weight excluding hydrogens is 400 g/mol. The largest absolute Gasteiger partial charge is 0.375 e. The molecule has 4 aromatic rings. The number of rotatable bonds is 4. The molecule has 2 heteroatoms. The van der Waals surface area contributed by atoms with Crippen molar-refractivity contribution in [3.8, 4) is 0 Å². The van der Waals surface area contributed by atoms with Crippen molar-refractivity contribution in [1.29, 1.82) is 0 Å². The fraction of sp³-hybridized carbons (Fsp3) is 0.129. The van der Waals surface area contributed by atoms with Crippen LogP contribution in [0.25, 0.3) is 11.6 Å². The van der Waals surface area contributed by atoms with E-state index in [1.807, 2.05) is 0 Å². The molecule has 0 aromatic heterocycles. The fourth-order valence-corrected chi connectivity index (χ4v) is 4.64. The zero-order valence-corrected chi connectivity index (χ0v) is 19.5. The van der Waals surface area contributed by atoms with E-state index in [0.717, 1.165) is 6.54 Å². The van der Waals surface area contributed by atoms with Gasteiger partial charge < -0.3 is 4.90 Å². The van der Waals surface area contributed by atoms with Crippen LogP contribution < -0.4 is 15.3 Å². The molecule has 0 saturated heterocycles. The number of para-hydroxylation sites is 1. The Morgan fingerprint density at radius 3 is 2.18 bits per heavy atom. The topological polar surface area (TPSA) is 6.25 Å². The van der Waals surface area contributed by atoms with Gasteiger partial charge in [0.2, 0.25) is 11.4 Å². The second-order valence-corrected chi connectivity index (χ2v) is 8.50. The second-order valence-electron chi connectivity index (χ2n) is 8.50. The minimum atomic E-state index is 0.995. The Kier molecular flexibility index (Phi) is 5.66. The highest BCUT2D eigenvalue weighted by Gasteiger charge is 2.33. The molecule has 5 rings (SSSR count). The Morgan fingerprint density at radius 1 is 0.758 bits per heavy atom. The minimum Gasteiger partial charge on any atom is -0.375 e. The molecule has 1 heterocycles. The fourth-order valence-electron chi connectivity index (χ4n) is 4.64. The zero-order chi connectivity index (χ0) is 22.8. The van der Waals surface area contributed by atoms with E-state index in [4.69, 9.17) is 0 Å². The lowest BCUT2D eigenvalue weighted by atomic mass is 9.94. The van der Waals surface area contributed by atoms with E-state index < -0.39 is 0 Å². The van der Waals surface area contributed by atoms with Gasteiger partial charge in [-0.25, -0.2) is 0 Å². The van der Waals surface area contributed by atoms with Crippen LogP contribution in [-0.2, 0) is 0 Å². The van der Waals surface area contributed by atoms with Crippen LogP contribution in [0.3, 0.4) is 0 Å². The van der Waals surface area contributed by atoms with Crippen LogP contribution in [0.1, 0.15) is 23.6 Å². The number of fused-ring (bicyclic) bond motifs is 1. The Balaban J connectivity index is 1.77. The van der Waals surface area contributed by atoms with Crippen molar-refractivity contribution in [2.24, 2.45) is 0 Å². The molecule has 2 nitrogen and oxygen atoms in total. The van der Waals surface area contributed by atoms with Crippen molar-refractivity contribution >= 4 is 28.7 Å². The first-order chi connectivity index (χ1) is 16.2. The SMILES string of the molecule is CCN(C)c1ccc(C=c2ccccc2=C2C(c3ccccc3)=[N+](C)c3ccccc32)cc1. The van der Waals surface area contributed by atoms with E-state index in [9.17, 15) is 0 Å². The highest BCUT2D eigenvalue weighted by atomic mass is 15.1. The standard InChI is InChI=1S/C31H29N2/c1-4-32(2)26-20-18-23(19-21-26)22-25-14-8-9-15-27(25)30-28-16-10-11-17-29(28)33(3)31(30)24-12-6-5-7-13-24/h5-22H,4H2,1-3H3/q+1. The molecule has 0 N–H and O–H groups in total. The van der Waals surface area contributed by atoms with Gasteiger partial charge in [-0.15, -0.1) is 0 Å². The summed E-state index contributed by atoms with van der Waals surface area (Å²) < 4.78 is 2.33. The normalized spacial score (nSPS) is 15.1. The van der Waals surface area contributed by atoms with Gasteiger partial charge in [-0.1, -0.05) is 66.7 Å². The average molecular weight is 430 g/mol. The van der Waals surface area contributed by atoms with Gasteiger partial charge in [-0.2, -0.15) is 4.58 Å². The smallest absolute Gasteiger partial charge is 0.221 e. The third-order valence-corrected chi connectivity index (χ3v) is 6.51. The molecule has 0 fully saturated rings. The number of hydrogen-bond acceptors (Lipinski definition) is 1. The average Bonchev–Trinajstić information content (AvgIpc) is 3.17. The molecule has 0 atom stereocenters. The summed E-state index contributed by atoms with van der Waals surface area (Å²) in [6, 6.07) is 37.0. The first kappa shape index (κ1) is 21.0. The van der Waals surface area contributed by atoms with Gasteiger partial charge in [-0.3, -0.25) is 0 Å². The number of anilines is 1. The first-order valence-electron chi connectivity index (χ1n) is 11.6. The maximum absolute atomic E-state index is 2.33. The van der Waals surface area contributed by atoms with Crippen LogP contribution in [0.4, 0.5) is 11.4 Å². The van der Waals surface area contributed by atoms with E-state index in [1.165, 1.54) is 49.8 Å². The summed E-state index contributed by atoms with van der Waals surface area (Å²) >= 11 is 0. The summed E-state index contributed by atoms with van der Waals surface area (Å²) in [4.78, 5) is 2.25. The van der Waals surface area contributed by atoms with Gasteiger partial charge in [0, 0.05) is 30.9 Å². The van der Waals surface area contributed by atoms with E-state index in [-0.39, 0.29) is 0 Å². The van der Waals surface area contributed by atoms with Crippen molar-refractivity contribution in [3.63, 3.8) is 0 Å². The third kappa shape index (κ3) is 3.89. The quantitative estimate of drug-likeness (QED) is 0.416. The Hall–Kier alpha value is -3.91. The molecule has 0 saturated carbocycles. The van der Waals surface area contributed by atoms with Gasteiger partial charge >= 0.3 is 0 Å². The van der Waals surface area contributed by atoms with Crippen LogP contribution in [0.2, 0.25) is 0 Å². The maximum atomic E-state index is 2.33. The van der Waals surface area contributed by atoms with Gasteiger partial charge in [0.1, 0.15) is 7.05 Å². The van der Waals surface area contributed by atoms with Gasteiger partial charge in [0.25, 0.3) is 0 Å². The highest BCUT2D eigenvalue weighted by Crippen LogP contribution is 2.33. The molecular formula is C31H29N2+. The van der Waals surface area contributed by atoms with Crippen molar-refractivity contribution < 1.29 is 4.58 Å². The third-order valence-electron chi connectivity index (χ3n) is 6.51. The summed E-state index contributed by atoms with van der Waals surface area (Å²) in [5, 5.41) is 2.48. The molecule has 0 aliphatic carbocycles. The first-order valence-corrected chi connectivity index (χ1v) is 11.6. The van der Waals surface area contributed by atoms with E-state index in [0.29, 0.717) is 0 Å². The van der Waals surface area contributed by atoms with E-state index in [1.54, 1.807) is 0 Å². The summed E-state index contributed by atoms with van der Waals surface area (Å²) in [5.41, 5.74) is 8.73. The van der Waals surface area contributed by atoms with Crippen molar-refractivity contribution in [2.75, 3.05) is 25.5 Å². The summed E-state index contributed by atoms with van der Waals surface area (Å²) in [6.45, 7) is 3.17. The van der Waals surface area contributed by atoms with E-state index >= 15 is 0 Å². The lowest BCUT2D eigenvalue weighted by Gasteiger charge is -2.16. The van der Waals surface area contributed by atoms with Gasteiger partial charge in [-0.05, 0) is 59.3 Å². The summed E-state index contributed by atoms with van der Waals surface area (Å²) in [5.74, 6) is 0. The minimum absolute atomic E-state index is 0.995. The lowest BCUT2D eigenvalue weighted by molar-refractivity contribution is -0.400. The maximum Gasteiger partial charge on any atom is 0.221 e. The van der Waals surface area contributed by atoms with Crippen LogP contribution >= 0.6 is 0 Å². The molecule has 1 aliphatic rings. The zero-order valence-electron chi connectivity index (χ0n) is 19.5. The molecule has 0 spiro atoms. The van der Waals surface area contributed by atoms with Crippen molar-refractivity contribution in [2.45, 2.75) is 6.92 Å². The Morgan fingerprint density at radius 2 is 1.42 bits per heavy atom. The van der Waals surface area contributed by atoms with Crippen molar-refractivity contribution in [1.82, 2.24) is 0 Å². The van der Waals surface area contributed by atoms with Crippen LogP contribution in [0, 0.1) is 0 Å². The number of nitrogens with zero attached hydrogens (tertiary/aromatic N) is 2. The monoisotopic (exact) mass is 429 g/mol. The second kappa shape index (κ2) is 8.91. The molecule has 0 bridgehead atoms. The number of hydrogen-bond donors (Lipinski definition) is 0. The van der Waals surface area contributed by atoms with Gasteiger partial charge in [0.05, 0.1) is 11.1 Å². The Labute approximate surface area is 196 Å². The van der Waals surface area contributed by atoms with Crippen LogP contribution in [0.15, 0.2) is 103 Å². The Bertz CT molecular complexity index is 1450. The molecule has 4 aromatic carbocycles. The van der Waals surface area contributed by atoms with Crippen LogP contribution in [0.5, 0.6) is 0 Å². The predicted molar refractivity (Wildman–Crippen MR) is 140 cm³/mol. The molecule has 162 valence electrons. The molecule has 0 unspecified atom stereocenters. The predicted octanol–water partition coefficient (Wildman–Crippen LogP) is 4.95. The number of benzene rings is 4. The molecule has 33 heavy (non-hydrogen) atoms. The highest BCUT2D eigenvalue weighted by molar-refractivity contribution is 6.31. The van der Waals surface area contributed by atoms with E-state index in [2.05, 4.69) is 140 Å². The molecule has 1 aliphatic heterocycles. The summed E-state index contributed by atoms with van der Waals surface area (Å²) in [7, 11) is 4.29. The lowest BCUT2D eigenvalue weighted by Crippen LogP contribution is -2.30. The summed E-state index contributed by atoms with van der Waals surface area (Å²) in [6.07, 6.45) is 2.29.